The van der Waals surface area contributed by atoms with Crippen molar-refractivity contribution in [2.24, 2.45) is 0 Å². The number of anilines is 1. The molecular weight excluding hydrogens is 284 g/mol. The lowest BCUT2D eigenvalue weighted by Gasteiger charge is -2.33. The Morgan fingerprint density at radius 3 is 3.05 bits per heavy atom. The molecule has 0 aliphatic carbocycles. The Morgan fingerprint density at radius 1 is 1.50 bits per heavy atom. The number of rotatable bonds is 3. The molecule has 1 aliphatic rings. The molecule has 1 atom stereocenters. The maximum absolute atomic E-state index is 11.3. The molecule has 0 bridgehead atoms. The summed E-state index contributed by atoms with van der Waals surface area (Å²) < 4.78 is 0. The number of nitriles is 1. The van der Waals surface area contributed by atoms with Gasteiger partial charge in [-0.25, -0.2) is 4.98 Å². The van der Waals surface area contributed by atoms with Crippen molar-refractivity contribution in [2.45, 2.75) is 18.8 Å². The Bertz CT molecular complexity index is 721. The molecule has 1 aromatic carbocycles. The zero-order chi connectivity index (χ0) is 15.5. The summed E-state index contributed by atoms with van der Waals surface area (Å²) in [6.45, 7) is 1.39. The first-order valence-electron chi connectivity index (χ1n) is 6.98. The molecule has 0 saturated carbocycles. The van der Waals surface area contributed by atoms with Crippen LogP contribution in [0.2, 0.25) is 0 Å². The monoisotopic (exact) mass is 298 g/mol. The number of nitro groups is 1. The number of H-pyrrole nitrogens is 1. The quantitative estimate of drug-likeness (QED) is 0.684. The first kappa shape index (κ1) is 14.0. The minimum atomic E-state index is -0.436. The molecule has 0 radical (unpaired) electrons. The van der Waals surface area contributed by atoms with Crippen molar-refractivity contribution in [1.82, 2.24) is 15.2 Å². The molecule has 1 aliphatic heterocycles. The third-order valence-corrected chi connectivity index (χ3v) is 3.88. The summed E-state index contributed by atoms with van der Waals surface area (Å²) in [5.74, 6) is 0.979. The molecular formula is C14H14N6O2. The third kappa shape index (κ3) is 2.61. The van der Waals surface area contributed by atoms with E-state index in [9.17, 15) is 10.1 Å². The molecule has 8 heteroatoms. The molecule has 8 nitrogen and oxygen atoms in total. The van der Waals surface area contributed by atoms with E-state index in [2.05, 4.69) is 15.2 Å². The number of piperidine rings is 1. The summed E-state index contributed by atoms with van der Waals surface area (Å²) in [6, 6.07) is 6.53. The molecule has 1 N–H and O–H groups in total. The SMILES string of the molecule is N#Cc1ccc(N2CCC[C@H](c3ncn[nH]3)C2)c([N+](=O)[O-])c1. The molecule has 1 fully saturated rings. The van der Waals surface area contributed by atoms with E-state index in [0.29, 0.717) is 17.8 Å². The fourth-order valence-electron chi connectivity index (χ4n) is 2.84. The van der Waals surface area contributed by atoms with Gasteiger partial charge in [-0.2, -0.15) is 10.4 Å². The molecule has 22 heavy (non-hydrogen) atoms. The van der Waals surface area contributed by atoms with Gasteiger partial charge in [0.15, 0.2) is 0 Å². The molecule has 1 saturated heterocycles. The number of hydrogen-bond donors (Lipinski definition) is 1. The van der Waals surface area contributed by atoms with E-state index >= 15 is 0 Å². The molecule has 1 aromatic heterocycles. The van der Waals surface area contributed by atoms with Crippen LogP contribution >= 0.6 is 0 Å². The summed E-state index contributed by atoms with van der Waals surface area (Å²) in [7, 11) is 0. The number of nitrogens with one attached hydrogen (secondary N) is 1. The van der Waals surface area contributed by atoms with Crippen molar-refractivity contribution in [3.05, 3.63) is 46.0 Å². The fourth-order valence-corrected chi connectivity index (χ4v) is 2.84. The smallest absolute Gasteiger partial charge is 0.293 e. The normalized spacial score (nSPS) is 18.0. The highest BCUT2D eigenvalue weighted by molar-refractivity contribution is 5.66. The second kappa shape index (κ2) is 5.81. The van der Waals surface area contributed by atoms with E-state index in [-0.39, 0.29) is 11.6 Å². The van der Waals surface area contributed by atoms with Crippen molar-refractivity contribution in [2.75, 3.05) is 18.0 Å². The lowest BCUT2D eigenvalue weighted by molar-refractivity contribution is -0.384. The van der Waals surface area contributed by atoms with Gasteiger partial charge >= 0.3 is 0 Å². The molecule has 3 rings (SSSR count). The van der Waals surface area contributed by atoms with Crippen LogP contribution in [0.5, 0.6) is 0 Å². The predicted molar refractivity (Wildman–Crippen MR) is 78.4 cm³/mol. The summed E-state index contributed by atoms with van der Waals surface area (Å²) in [6.07, 6.45) is 3.36. The Morgan fingerprint density at radius 2 is 2.36 bits per heavy atom. The van der Waals surface area contributed by atoms with Crippen LogP contribution in [0.3, 0.4) is 0 Å². The van der Waals surface area contributed by atoms with Crippen LogP contribution in [0.4, 0.5) is 11.4 Å². The van der Waals surface area contributed by atoms with E-state index in [4.69, 9.17) is 5.26 Å². The van der Waals surface area contributed by atoms with Gasteiger partial charge in [0, 0.05) is 25.1 Å². The zero-order valence-corrected chi connectivity index (χ0v) is 11.8. The minimum Gasteiger partial charge on any atom is -0.365 e. The second-order valence-corrected chi connectivity index (χ2v) is 5.23. The number of aromatic nitrogens is 3. The van der Waals surface area contributed by atoms with Gasteiger partial charge < -0.3 is 4.90 Å². The topological polar surface area (TPSA) is 112 Å². The Labute approximate surface area is 126 Å². The van der Waals surface area contributed by atoms with Gasteiger partial charge in [-0.3, -0.25) is 15.2 Å². The van der Waals surface area contributed by atoms with Crippen LogP contribution in [-0.4, -0.2) is 33.2 Å². The summed E-state index contributed by atoms with van der Waals surface area (Å²) in [5.41, 5.74) is 0.810. The average molecular weight is 298 g/mol. The maximum atomic E-state index is 11.3. The lowest BCUT2D eigenvalue weighted by Crippen LogP contribution is -2.35. The van der Waals surface area contributed by atoms with Crippen LogP contribution in [0.1, 0.15) is 30.1 Å². The summed E-state index contributed by atoms with van der Waals surface area (Å²) in [5, 5.41) is 26.9. The largest absolute Gasteiger partial charge is 0.365 e. The highest BCUT2D eigenvalue weighted by atomic mass is 16.6. The minimum absolute atomic E-state index is 0.0303. The van der Waals surface area contributed by atoms with Gasteiger partial charge in [0.1, 0.15) is 17.8 Å². The first-order chi connectivity index (χ1) is 10.7. The van der Waals surface area contributed by atoms with Crippen LogP contribution in [0, 0.1) is 21.4 Å². The van der Waals surface area contributed by atoms with E-state index in [1.807, 2.05) is 11.0 Å². The van der Waals surface area contributed by atoms with Crippen molar-refractivity contribution in [3.8, 4) is 6.07 Å². The van der Waals surface area contributed by atoms with Crippen molar-refractivity contribution < 1.29 is 4.92 Å². The predicted octanol–water partition coefficient (Wildman–Crippen LogP) is 1.97. The maximum Gasteiger partial charge on any atom is 0.293 e. The average Bonchev–Trinajstić information content (AvgIpc) is 3.09. The molecule has 0 amide bonds. The molecule has 2 aromatic rings. The molecule has 2 heterocycles. The third-order valence-electron chi connectivity index (χ3n) is 3.88. The van der Waals surface area contributed by atoms with E-state index in [0.717, 1.165) is 25.2 Å². The first-order valence-corrected chi connectivity index (χ1v) is 6.98. The Kier molecular flexibility index (Phi) is 3.70. The standard InChI is InChI=1S/C14H14N6O2/c15-7-10-3-4-12(13(6-10)20(21)22)19-5-1-2-11(8-19)14-16-9-17-18-14/h3-4,6,9,11H,1-2,5,8H2,(H,16,17,18)/t11-/m0/s1. The van der Waals surface area contributed by atoms with Crippen molar-refractivity contribution >= 4 is 11.4 Å². The van der Waals surface area contributed by atoms with E-state index < -0.39 is 4.92 Å². The number of benzene rings is 1. The fraction of sp³-hybridized carbons (Fsp3) is 0.357. The van der Waals surface area contributed by atoms with Gasteiger partial charge in [-0.15, -0.1) is 0 Å². The highest BCUT2D eigenvalue weighted by Crippen LogP contribution is 2.34. The van der Waals surface area contributed by atoms with Crippen LogP contribution in [0.25, 0.3) is 0 Å². The number of nitro benzene ring substituents is 1. The van der Waals surface area contributed by atoms with Crippen LogP contribution in [-0.2, 0) is 0 Å². The number of aromatic amines is 1. The molecule has 0 spiro atoms. The number of hydrogen-bond acceptors (Lipinski definition) is 6. The Hall–Kier alpha value is -2.95. The van der Waals surface area contributed by atoms with E-state index in [1.54, 1.807) is 12.1 Å². The summed E-state index contributed by atoms with van der Waals surface area (Å²) in [4.78, 5) is 17.0. The highest BCUT2D eigenvalue weighted by Gasteiger charge is 2.27. The van der Waals surface area contributed by atoms with E-state index in [1.165, 1.54) is 12.4 Å². The molecule has 0 unspecified atom stereocenters. The Balaban J connectivity index is 1.90. The molecule has 112 valence electrons. The van der Waals surface area contributed by atoms with Gasteiger partial charge in [-0.05, 0) is 25.0 Å². The second-order valence-electron chi connectivity index (χ2n) is 5.23. The van der Waals surface area contributed by atoms with Crippen LogP contribution in [0.15, 0.2) is 24.5 Å². The van der Waals surface area contributed by atoms with Gasteiger partial charge in [0.25, 0.3) is 5.69 Å². The van der Waals surface area contributed by atoms with Crippen LogP contribution < -0.4 is 4.90 Å². The summed E-state index contributed by atoms with van der Waals surface area (Å²) >= 11 is 0. The number of nitrogens with zero attached hydrogens (tertiary/aromatic N) is 5. The van der Waals surface area contributed by atoms with Gasteiger partial charge in [0.2, 0.25) is 0 Å². The lowest BCUT2D eigenvalue weighted by atomic mass is 9.96. The van der Waals surface area contributed by atoms with Gasteiger partial charge in [0.05, 0.1) is 16.6 Å². The van der Waals surface area contributed by atoms with Crippen molar-refractivity contribution in [3.63, 3.8) is 0 Å². The zero-order valence-electron chi connectivity index (χ0n) is 11.8. The van der Waals surface area contributed by atoms with Gasteiger partial charge in [-0.1, -0.05) is 0 Å². The van der Waals surface area contributed by atoms with Crippen molar-refractivity contribution in [1.29, 1.82) is 5.26 Å².